The topological polar surface area (TPSA) is 63.7 Å². The molecule has 1 fully saturated rings. The fourth-order valence-corrected chi connectivity index (χ4v) is 3.14. The first-order valence-electron chi connectivity index (χ1n) is 8.67. The van der Waals surface area contributed by atoms with Crippen LogP contribution in [0.4, 0.5) is 0 Å². The van der Waals surface area contributed by atoms with Gasteiger partial charge in [-0.3, -0.25) is 4.79 Å². The average molecular weight is 353 g/mol. The quantitative estimate of drug-likeness (QED) is 0.672. The van der Waals surface area contributed by atoms with E-state index in [1.54, 1.807) is 19.1 Å². The molecule has 1 aliphatic rings. The van der Waals surface area contributed by atoms with Gasteiger partial charge in [-0.2, -0.15) is 8.42 Å². The van der Waals surface area contributed by atoms with Crippen LogP contribution in [0, 0.1) is 5.92 Å². The fraction of sp³-hybridized carbons (Fsp3) is 0.611. The van der Waals surface area contributed by atoms with Gasteiger partial charge in [-0.1, -0.05) is 25.5 Å². The van der Waals surface area contributed by atoms with Crippen LogP contribution in [0.2, 0.25) is 0 Å². The zero-order valence-electron chi connectivity index (χ0n) is 14.7. The molecule has 1 aromatic rings. The third kappa shape index (κ3) is 4.72. The largest absolute Gasteiger partial charge is 0.382 e. The van der Waals surface area contributed by atoms with Gasteiger partial charge >= 0.3 is 10.1 Å². The zero-order chi connectivity index (χ0) is 17.7. The maximum Gasteiger partial charge on any atom is 0.308 e. The van der Waals surface area contributed by atoms with Crippen molar-refractivity contribution in [3.05, 3.63) is 29.8 Å². The van der Waals surface area contributed by atoms with Crippen LogP contribution >= 0.6 is 0 Å². The van der Waals surface area contributed by atoms with Gasteiger partial charge in [0.15, 0.2) is 0 Å². The number of rotatable bonds is 8. The zero-order valence-corrected chi connectivity index (χ0v) is 15.5. The lowest BCUT2D eigenvalue weighted by molar-refractivity contribution is -0.141. The SMILES string of the molecule is CC[C@H](C)N(Cc1ccc(OS(=O)(=O)CC)cc1)C(=O)C1CCC1. The van der Waals surface area contributed by atoms with Gasteiger partial charge in [0.05, 0.1) is 5.75 Å². The Balaban J connectivity index is 2.07. The summed E-state index contributed by atoms with van der Waals surface area (Å²) in [6, 6.07) is 7.12. The molecule has 0 aliphatic heterocycles. The van der Waals surface area contributed by atoms with Crippen LogP contribution in [0.3, 0.4) is 0 Å². The fourth-order valence-electron chi connectivity index (χ4n) is 2.61. The summed E-state index contributed by atoms with van der Waals surface area (Å²) in [4.78, 5) is 14.6. The molecular weight excluding hydrogens is 326 g/mol. The van der Waals surface area contributed by atoms with E-state index in [0.717, 1.165) is 31.2 Å². The van der Waals surface area contributed by atoms with E-state index in [2.05, 4.69) is 13.8 Å². The Morgan fingerprint density at radius 1 is 1.25 bits per heavy atom. The summed E-state index contributed by atoms with van der Waals surface area (Å²) < 4.78 is 28.0. The summed E-state index contributed by atoms with van der Waals surface area (Å²) >= 11 is 0. The molecule has 0 aromatic heterocycles. The molecule has 1 atom stereocenters. The molecule has 1 amide bonds. The Hall–Kier alpha value is -1.56. The lowest BCUT2D eigenvalue weighted by atomic mass is 9.84. The molecule has 0 unspecified atom stereocenters. The van der Waals surface area contributed by atoms with E-state index in [9.17, 15) is 13.2 Å². The van der Waals surface area contributed by atoms with Gasteiger partial charge in [0.25, 0.3) is 0 Å². The first-order valence-corrected chi connectivity index (χ1v) is 10.3. The average Bonchev–Trinajstić information content (AvgIpc) is 2.51. The second-order valence-corrected chi connectivity index (χ2v) is 8.28. The molecule has 0 N–H and O–H groups in total. The van der Waals surface area contributed by atoms with E-state index in [1.165, 1.54) is 0 Å². The number of carbonyl (C=O) groups is 1. The number of benzene rings is 1. The van der Waals surface area contributed by atoms with Gasteiger partial charge < -0.3 is 9.08 Å². The van der Waals surface area contributed by atoms with E-state index in [1.807, 2.05) is 17.0 Å². The van der Waals surface area contributed by atoms with Crippen molar-refractivity contribution in [1.29, 1.82) is 0 Å². The van der Waals surface area contributed by atoms with Crippen LogP contribution in [0.15, 0.2) is 24.3 Å². The van der Waals surface area contributed by atoms with Crippen LogP contribution in [-0.4, -0.2) is 31.0 Å². The van der Waals surface area contributed by atoms with Crippen molar-refractivity contribution in [1.82, 2.24) is 4.90 Å². The van der Waals surface area contributed by atoms with E-state index in [-0.39, 0.29) is 23.6 Å². The highest BCUT2D eigenvalue weighted by Crippen LogP contribution is 2.30. The molecule has 6 heteroatoms. The summed E-state index contributed by atoms with van der Waals surface area (Å²) in [5.41, 5.74) is 0.976. The van der Waals surface area contributed by atoms with Gasteiger partial charge in [-0.05, 0) is 50.8 Å². The molecule has 0 bridgehead atoms. The smallest absolute Gasteiger partial charge is 0.308 e. The van der Waals surface area contributed by atoms with Crippen LogP contribution in [0.1, 0.15) is 52.0 Å². The highest BCUT2D eigenvalue weighted by Gasteiger charge is 2.31. The molecule has 0 radical (unpaired) electrons. The number of amides is 1. The van der Waals surface area contributed by atoms with Crippen molar-refractivity contribution < 1.29 is 17.4 Å². The van der Waals surface area contributed by atoms with Crippen molar-refractivity contribution in [2.75, 3.05) is 5.75 Å². The molecule has 0 saturated heterocycles. The Bertz CT molecular complexity index is 650. The standard InChI is InChI=1S/C18H27NO4S/c1-4-14(3)19(18(20)16-7-6-8-16)13-15-9-11-17(12-10-15)23-24(21,22)5-2/h9-12,14,16H,4-8,13H2,1-3H3/t14-/m0/s1. The van der Waals surface area contributed by atoms with Crippen LogP contribution in [0.25, 0.3) is 0 Å². The van der Waals surface area contributed by atoms with Crippen molar-refractivity contribution in [2.45, 2.75) is 59.0 Å². The Kier molecular flexibility index (Phi) is 6.27. The molecule has 0 heterocycles. The summed E-state index contributed by atoms with van der Waals surface area (Å²) in [6.45, 7) is 6.24. The summed E-state index contributed by atoms with van der Waals surface area (Å²) in [6.07, 6.45) is 4.04. The van der Waals surface area contributed by atoms with Gasteiger partial charge in [0.1, 0.15) is 5.75 Å². The summed E-state index contributed by atoms with van der Waals surface area (Å²) in [5, 5.41) is 0. The first kappa shape index (κ1) is 18.8. The maximum absolute atomic E-state index is 12.6. The van der Waals surface area contributed by atoms with Crippen molar-refractivity contribution in [2.24, 2.45) is 5.92 Å². The predicted octanol–water partition coefficient (Wildman–Crippen LogP) is 3.34. The van der Waals surface area contributed by atoms with E-state index in [4.69, 9.17) is 4.18 Å². The maximum atomic E-state index is 12.6. The predicted molar refractivity (Wildman–Crippen MR) is 94.2 cm³/mol. The second-order valence-electron chi connectivity index (χ2n) is 6.42. The molecule has 5 nitrogen and oxygen atoms in total. The number of hydrogen-bond acceptors (Lipinski definition) is 4. The third-order valence-corrected chi connectivity index (χ3v) is 5.87. The van der Waals surface area contributed by atoms with Crippen LogP contribution < -0.4 is 4.18 Å². The Labute approximate surface area is 145 Å². The minimum Gasteiger partial charge on any atom is -0.382 e. The normalized spacial score (nSPS) is 16.3. The monoisotopic (exact) mass is 353 g/mol. The molecule has 134 valence electrons. The Morgan fingerprint density at radius 3 is 2.33 bits per heavy atom. The first-order chi connectivity index (χ1) is 11.4. The van der Waals surface area contributed by atoms with Gasteiger partial charge in [-0.25, -0.2) is 0 Å². The molecule has 1 aromatic carbocycles. The van der Waals surface area contributed by atoms with Gasteiger partial charge in [-0.15, -0.1) is 0 Å². The van der Waals surface area contributed by atoms with E-state index >= 15 is 0 Å². The number of nitrogens with zero attached hydrogens (tertiary/aromatic N) is 1. The molecule has 2 rings (SSSR count). The summed E-state index contributed by atoms with van der Waals surface area (Å²) in [7, 11) is -3.51. The van der Waals surface area contributed by atoms with Crippen molar-refractivity contribution in [3.63, 3.8) is 0 Å². The number of hydrogen-bond donors (Lipinski definition) is 0. The minimum absolute atomic E-state index is 0.0631. The Morgan fingerprint density at radius 2 is 1.88 bits per heavy atom. The second kappa shape index (κ2) is 8.01. The summed E-state index contributed by atoms with van der Waals surface area (Å²) in [5.74, 6) is 0.661. The van der Waals surface area contributed by atoms with Crippen molar-refractivity contribution >= 4 is 16.0 Å². The molecule has 24 heavy (non-hydrogen) atoms. The van der Waals surface area contributed by atoms with E-state index < -0.39 is 10.1 Å². The molecule has 1 aliphatic carbocycles. The van der Waals surface area contributed by atoms with Gasteiger partial charge in [0.2, 0.25) is 5.91 Å². The molecule has 1 saturated carbocycles. The van der Waals surface area contributed by atoms with E-state index in [0.29, 0.717) is 12.3 Å². The molecular formula is C18H27NO4S. The third-order valence-electron chi connectivity index (χ3n) is 4.71. The minimum atomic E-state index is -3.51. The lowest BCUT2D eigenvalue weighted by Crippen LogP contribution is -2.43. The lowest BCUT2D eigenvalue weighted by Gasteiger charge is -2.35. The van der Waals surface area contributed by atoms with Gasteiger partial charge in [0, 0.05) is 18.5 Å². The van der Waals surface area contributed by atoms with Crippen LogP contribution in [-0.2, 0) is 21.5 Å². The number of carbonyl (C=O) groups excluding carboxylic acids is 1. The van der Waals surface area contributed by atoms with Crippen LogP contribution in [0.5, 0.6) is 5.75 Å². The molecule has 0 spiro atoms. The van der Waals surface area contributed by atoms with Crippen molar-refractivity contribution in [3.8, 4) is 5.75 Å². The highest BCUT2D eigenvalue weighted by molar-refractivity contribution is 7.87. The highest BCUT2D eigenvalue weighted by atomic mass is 32.2.